The van der Waals surface area contributed by atoms with E-state index in [0.717, 1.165) is 17.7 Å². The largest absolute Gasteiger partial charge is 0.369 e. The number of H-pyrrole nitrogens is 1. The number of nitro benzene ring substituents is 1. The van der Waals surface area contributed by atoms with Crippen molar-refractivity contribution in [3.8, 4) is 0 Å². The molecule has 2 bridgehead atoms. The standard InChI is InChI=1S/C16H16N4O2/c17-16-18-8-13(19-16)15-11-2-1-10(7-11)14(15)9-3-5-12(6-4-9)20(21)22/h1-6,8,10-11,14-15H,7H2,(H3,17,18,19). The van der Waals surface area contributed by atoms with E-state index in [-0.39, 0.29) is 10.6 Å². The second kappa shape index (κ2) is 4.69. The van der Waals surface area contributed by atoms with Gasteiger partial charge in [0.25, 0.3) is 5.69 Å². The third kappa shape index (κ3) is 1.91. The summed E-state index contributed by atoms with van der Waals surface area (Å²) in [6.07, 6.45) is 7.47. The van der Waals surface area contributed by atoms with Crippen molar-refractivity contribution in [2.24, 2.45) is 11.8 Å². The molecule has 22 heavy (non-hydrogen) atoms. The van der Waals surface area contributed by atoms with E-state index < -0.39 is 0 Å². The van der Waals surface area contributed by atoms with Gasteiger partial charge in [0.05, 0.1) is 11.1 Å². The third-order valence-corrected chi connectivity index (χ3v) is 4.92. The van der Waals surface area contributed by atoms with Crippen molar-refractivity contribution in [2.45, 2.75) is 18.3 Å². The van der Waals surface area contributed by atoms with Gasteiger partial charge >= 0.3 is 0 Å². The molecule has 0 amide bonds. The predicted molar refractivity (Wildman–Crippen MR) is 82.3 cm³/mol. The fourth-order valence-corrected chi connectivity index (χ4v) is 4.04. The smallest absolute Gasteiger partial charge is 0.269 e. The summed E-state index contributed by atoms with van der Waals surface area (Å²) in [4.78, 5) is 17.7. The molecule has 6 nitrogen and oxygen atoms in total. The first-order valence-electron chi connectivity index (χ1n) is 7.36. The summed E-state index contributed by atoms with van der Waals surface area (Å²) in [6.45, 7) is 0. The van der Waals surface area contributed by atoms with Crippen LogP contribution in [0.3, 0.4) is 0 Å². The van der Waals surface area contributed by atoms with Crippen LogP contribution in [0.25, 0.3) is 0 Å². The van der Waals surface area contributed by atoms with Crippen LogP contribution >= 0.6 is 0 Å². The third-order valence-electron chi connectivity index (χ3n) is 4.92. The number of nitro groups is 1. The fourth-order valence-electron chi connectivity index (χ4n) is 4.04. The summed E-state index contributed by atoms with van der Waals surface area (Å²) in [5.74, 6) is 2.01. The molecular weight excluding hydrogens is 280 g/mol. The Morgan fingerprint density at radius 2 is 1.86 bits per heavy atom. The molecular formula is C16H16N4O2. The molecule has 2 aliphatic rings. The first-order valence-corrected chi connectivity index (χ1v) is 7.36. The number of aromatic amines is 1. The van der Waals surface area contributed by atoms with Crippen LogP contribution in [-0.2, 0) is 0 Å². The monoisotopic (exact) mass is 296 g/mol. The molecule has 0 aliphatic heterocycles. The van der Waals surface area contributed by atoms with Crippen LogP contribution in [0, 0.1) is 22.0 Å². The fraction of sp³-hybridized carbons (Fsp3) is 0.312. The Labute approximate surface area is 127 Å². The zero-order valence-corrected chi connectivity index (χ0v) is 11.8. The summed E-state index contributed by atoms with van der Waals surface area (Å²) >= 11 is 0. The molecule has 6 heteroatoms. The SMILES string of the molecule is Nc1ncc(C2C3C=CC(C3)C2c2ccc([N+](=O)[O-])cc2)[nH]1. The van der Waals surface area contributed by atoms with Gasteiger partial charge < -0.3 is 10.7 Å². The van der Waals surface area contributed by atoms with Gasteiger partial charge in [-0.05, 0) is 29.7 Å². The number of hydrogen-bond acceptors (Lipinski definition) is 4. The van der Waals surface area contributed by atoms with E-state index in [4.69, 9.17) is 5.73 Å². The highest BCUT2D eigenvalue weighted by Crippen LogP contribution is 2.57. The van der Waals surface area contributed by atoms with Gasteiger partial charge in [0.15, 0.2) is 5.95 Å². The second-order valence-electron chi connectivity index (χ2n) is 6.07. The quantitative estimate of drug-likeness (QED) is 0.517. The van der Waals surface area contributed by atoms with E-state index in [2.05, 4.69) is 22.1 Å². The summed E-state index contributed by atoms with van der Waals surface area (Å²) in [7, 11) is 0. The van der Waals surface area contributed by atoms with Crippen molar-refractivity contribution in [1.82, 2.24) is 9.97 Å². The Morgan fingerprint density at radius 3 is 2.45 bits per heavy atom. The predicted octanol–water partition coefficient (Wildman–Crippen LogP) is 2.97. The van der Waals surface area contributed by atoms with E-state index in [1.807, 2.05) is 18.3 Å². The molecule has 4 unspecified atom stereocenters. The normalized spacial score (nSPS) is 29.1. The minimum absolute atomic E-state index is 0.129. The summed E-state index contributed by atoms with van der Waals surface area (Å²) in [5, 5.41) is 10.8. The van der Waals surface area contributed by atoms with Crippen LogP contribution in [0.5, 0.6) is 0 Å². The number of rotatable bonds is 3. The molecule has 3 N–H and O–H groups in total. The van der Waals surface area contributed by atoms with Crippen LogP contribution in [0.2, 0.25) is 0 Å². The van der Waals surface area contributed by atoms with Gasteiger partial charge in [-0.25, -0.2) is 4.98 Å². The highest BCUT2D eigenvalue weighted by Gasteiger charge is 2.46. The Bertz CT molecular complexity index is 750. The van der Waals surface area contributed by atoms with Gasteiger partial charge in [-0.15, -0.1) is 0 Å². The number of non-ortho nitro benzene ring substituents is 1. The minimum atomic E-state index is -0.364. The van der Waals surface area contributed by atoms with Crippen molar-refractivity contribution >= 4 is 11.6 Å². The van der Waals surface area contributed by atoms with Crippen LogP contribution in [0.4, 0.5) is 11.6 Å². The summed E-state index contributed by atoms with van der Waals surface area (Å²) in [5.41, 5.74) is 8.04. The molecule has 2 aromatic rings. The first kappa shape index (κ1) is 13.1. The number of anilines is 1. The Hall–Kier alpha value is -2.63. The van der Waals surface area contributed by atoms with Crippen LogP contribution in [0.15, 0.2) is 42.6 Å². The average Bonchev–Trinajstić information content (AvgIpc) is 3.22. The Kier molecular flexibility index (Phi) is 2.79. The van der Waals surface area contributed by atoms with Gasteiger partial charge in [-0.3, -0.25) is 10.1 Å². The lowest BCUT2D eigenvalue weighted by Crippen LogP contribution is -2.16. The van der Waals surface area contributed by atoms with Gasteiger partial charge in [0, 0.05) is 23.7 Å². The number of allylic oxidation sites excluding steroid dienone is 2. The van der Waals surface area contributed by atoms with Crippen LogP contribution < -0.4 is 5.73 Å². The van der Waals surface area contributed by atoms with Gasteiger partial charge in [0.2, 0.25) is 0 Å². The summed E-state index contributed by atoms with van der Waals surface area (Å²) in [6, 6.07) is 6.93. The highest BCUT2D eigenvalue weighted by molar-refractivity contribution is 5.40. The van der Waals surface area contributed by atoms with E-state index in [0.29, 0.717) is 29.6 Å². The summed E-state index contributed by atoms with van der Waals surface area (Å²) < 4.78 is 0. The molecule has 1 saturated carbocycles. The van der Waals surface area contributed by atoms with E-state index in [9.17, 15) is 10.1 Å². The molecule has 1 heterocycles. The van der Waals surface area contributed by atoms with E-state index in [1.54, 1.807) is 12.1 Å². The molecule has 4 rings (SSSR count). The number of hydrogen-bond donors (Lipinski definition) is 2. The molecule has 1 aromatic heterocycles. The lowest BCUT2D eigenvalue weighted by molar-refractivity contribution is -0.384. The molecule has 0 saturated heterocycles. The lowest BCUT2D eigenvalue weighted by atomic mass is 9.77. The number of nitrogens with one attached hydrogen (secondary N) is 1. The molecule has 0 spiro atoms. The lowest BCUT2D eigenvalue weighted by Gasteiger charge is -2.27. The van der Waals surface area contributed by atoms with Crippen LogP contribution in [-0.4, -0.2) is 14.9 Å². The van der Waals surface area contributed by atoms with Crippen molar-refractivity contribution < 1.29 is 4.92 Å². The maximum absolute atomic E-state index is 10.8. The van der Waals surface area contributed by atoms with E-state index >= 15 is 0 Å². The zero-order chi connectivity index (χ0) is 15.3. The number of benzene rings is 1. The van der Waals surface area contributed by atoms with Crippen molar-refractivity contribution in [3.05, 3.63) is 64.0 Å². The molecule has 112 valence electrons. The number of aromatic nitrogens is 2. The maximum atomic E-state index is 10.8. The van der Waals surface area contributed by atoms with Crippen molar-refractivity contribution in [1.29, 1.82) is 0 Å². The number of imidazole rings is 1. The first-order chi connectivity index (χ1) is 10.6. The molecule has 0 radical (unpaired) electrons. The average molecular weight is 296 g/mol. The minimum Gasteiger partial charge on any atom is -0.369 e. The van der Waals surface area contributed by atoms with E-state index in [1.165, 1.54) is 0 Å². The topological polar surface area (TPSA) is 97.8 Å². The Balaban J connectivity index is 1.72. The molecule has 2 aliphatic carbocycles. The van der Waals surface area contributed by atoms with Gasteiger partial charge in [0.1, 0.15) is 0 Å². The highest BCUT2D eigenvalue weighted by atomic mass is 16.6. The maximum Gasteiger partial charge on any atom is 0.269 e. The van der Waals surface area contributed by atoms with Crippen LogP contribution in [0.1, 0.15) is 29.5 Å². The molecule has 1 fully saturated rings. The number of nitrogen functional groups attached to an aromatic ring is 1. The van der Waals surface area contributed by atoms with Gasteiger partial charge in [-0.1, -0.05) is 24.3 Å². The van der Waals surface area contributed by atoms with Gasteiger partial charge in [-0.2, -0.15) is 0 Å². The number of nitrogens with zero attached hydrogens (tertiary/aromatic N) is 2. The number of fused-ring (bicyclic) bond motifs is 2. The molecule has 4 atom stereocenters. The zero-order valence-electron chi connectivity index (χ0n) is 11.8. The van der Waals surface area contributed by atoms with Crippen molar-refractivity contribution in [3.63, 3.8) is 0 Å². The molecule has 1 aromatic carbocycles. The Morgan fingerprint density at radius 1 is 1.18 bits per heavy atom. The van der Waals surface area contributed by atoms with Crippen molar-refractivity contribution in [2.75, 3.05) is 5.73 Å². The second-order valence-corrected chi connectivity index (χ2v) is 6.07. The number of nitrogens with two attached hydrogens (primary N) is 1.